The summed E-state index contributed by atoms with van der Waals surface area (Å²) in [7, 11) is 7.70. The third kappa shape index (κ3) is 6.11. The molecule has 3 amide bonds. The van der Waals surface area contributed by atoms with E-state index >= 15 is 0 Å². The van der Waals surface area contributed by atoms with Gasteiger partial charge in [0.05, 0.1) is 18.2 Å². The molecule has 0 heterocycles. The van der Waals surface area contributed by atoms with Crippen LogP contribution in [0.15, 0.2) is 78.9 Å². The summed E-state index contributed by atoms with van der Waals surface area (Å²) >= 11 is 0. The van der Waals surface area contributed by atoms with Crippen LogP contribution in [-0.2, 0) is 4.79 Å². The molecule has 33 heavy (non-hydrogen) atoms. The second kappa shape index (κ2) is 10.7. The van der Waals surface area contributed by atoms with Crippen molar-refractivity contribution in [1.82, 2.24) is 0 Å². The summed E-state index contributed by atoms with van der Waals surface area (Å²) in [5.41, 5.74) is 3.54. The Morgan fingerprint density at radius 1 is 0.758 bits per heavy atom. The van der Waals surface area contributed by atoms with Gasteiger partial charge in [-0.05, 0) is 54.1 Å². The van der Waals surface area contributed by atoms with E-state index < -0.39 is 18.0 Å². The summed E-state index contributed by atoms with van der Waals surface area (Å²) in [6.07, 6.45) is -1.25. The Balaban J connectivity index is 1.85. The van der Waals surface area contributed by atoms with Crippen LogP contribution in [0, 0.1) is 0 Å². The highest BCUT2D eigenvalue weighted by atomic mass is 16.3. The van der Waals surface area contributed by atoms with Crippen molar-refractivity contribution in [3.8, 4) is 0 Å². The number of nitrogens with zero attached hydrogens (tertiary/aromatic N) is 3. The predicted octanol–water partition coefficient (Wildman–Crippen LogP) is 4.51. The molecule has 1 atom stereocenters. The topological polar surface area (TPSA) is 76.1 Å². The van der Waals surface area contributed by atoms with E-state index in [1.54, 1.807) is 48.5 Å². The Kier molecular flexibility index (Phi) is 7.69. The average molecular weight is 447 g/mol. The number of aliphatic hydroxyl groups is 1. The predicted molar refractivity (Wildman–Crippen MR) is 134 cm³/mol. The molecule has 0 aliphatic heterocycles. The van der Waals surface area contributed by atoms with Crippen LogP contribution < -0.4 is 20.0 Å². The molecule has 0 aliphatic carbocycles. The smallest absolute Gasteiger partial charge is 0.333 e. The number of imide groups is 1. The molecule has 7 heteroatoms. The molecule has 172 valence electrons. The summed E-state index contributed by atoms with van der Waals surface area (Å²) in [6.45, 7) is 0. The van der Waals surface area contributed by atoms with Crippen LogP contribution in [-0.4, -0.2) is 45.2 Å². The van der Waals surface area contributed by atoms with E-state index in [9.17, 15) is 14.7 Å². The van der Waals surface area contributed by atoms with Gasteiger partial charge < -0.3 is 20.2 Å². The molecule has 0 bridgehead atoms. The first-order valence-corrected chi connectivity index (χ1v) is 10.7. The van der Waals surface area contributed by atoms with Gasteiger partial charge in [0, 0.05) is 45.3 Å². The minimum atomic E-state index is -1.02. The summed E-state index contributed by atoms with van der Waals surface area (Å²) in [5, 5.41) is 13.4. The molecule has 0 saturated carbocycles. The maximum atomic E-state index is 13.2. The Hall–Kier alpha value is -3.84. The van der Waals surface area contributed by atoms with Crippen LogP contribution in [0.5, 0.6) is 0 Å². The number of urea groups is 1. The van der Waals surface area contributed by atoms with Gasteiger partial charge in [-0.1, -0.05) is 30.3 Å². The quantitative estimate of drug-likeness (QED) is 0.559. The van der Waals surface area contributed by atoms with Crippen LogP contribution in [0.2, 0.25) is 0 Å². The second-order valence-corrected chi connectivity index (χ2v) is 8.14. The maximum absolute atomic E-state index is 13.2. The molecule has 0 aliphatic rings. The lowest BCUT2D eigenvalue weighted by molar-refractivity contribution is -0.119. The van der Waals surface area contributed by atoms with Gasteiger partial charge in [-0.3, -0.25) is 4.79 Å². The van der Waals surface area contributed by atoms with Crippen molar-refractivity contribution in [1.29, 1.82) is 0 Å². The molecule has 7 nitrogen and oxygen atoms in total. The first-order chi connectivity index (χ1) is 15.8. The Morgan fingerprint density at radius 3 is 1.76 bits per heavy atom. The lowest BCUT2D eigenvalue weighted by atomic mass is 10.1. The lowest BCUT2D eigenvalue weighted by Crippen LogP contribution is -2.40. The van der Waals surface area contributed by atoms with Gasteiger partial charge in [-0.25, -0.2) is 9.69 Å². The Morgan fingerprint density at radius 2 is 1.24 bits per heavy atom. The van der Waals surface area contributed by atoms with Crippen LogP contribution in [0.25, 0.3) is 0 Å². The summed E-state index contributed by atoms with van der Waals surface area (Å²) < 4.78 is 0. The van der Waals surface area contributed by atoms with Crippen molar-refractivity contribution in [2.24, 2.45) is 0 Å². The van der Waals surface area contributed by atoms with Gasteiger partial charge in [0.15, 0.2) is 0 Å². The number of anilines is 4. The van der Waals surface area contributed by atoms with Gasteiger partial charge in [-0.2, -0.15) is 0 Å². The molecule has 3 aromatic carbocycles. The molecule has 3 rings (SSSR count). The van der Waals surface area contributed by atoms with E-state index in [1.165, 1.54) is 0 Å². The van der Waals surface area contributed by atoms with Crippen LogP contribution in [0.3, 0.4) is 0 Å². The molecule has 0 fully saturated rings. The summed E-state index contributed by atoms with van der Waals surface area (Å²) in [4.78, 5) is 31.4. The van der Waals surface area contributed by atoms with E-state index in [0.29, 0.717) is 16.9 Å². The fraction of sp³-hybridized carbons (Fsp3) is 0.231. The van der Waals surface area contributed by atoms with E-state index in [1.807, 2.05) is 68.3 Å². The first kappa shape index (κ1) is 23.8. The van der Waals surface area contributed by atoms with Crippen LogP contribution in [0.1, 0.15) is 18.1 Å². The molecule has 0 unspecified atom stereocenters. The van der Waals surface area contributed by atoms with Crippen molar-refractivity contribution in [3.63, 3.8) is 0 Å². The van der Waals surface area contributed by atoms with Crippen molar-refractivity contribution in [2.45, 2.75) is 12.5 Å². The van der Waals surface area contributed by atoms with E-state index in [2.05, 4.69) is 5.32 Å². The highest BCUT2D eigenvalue weighted by Gasteiger charge is 2.26. The fourth-order valence-corrected chi connectivity index (χ4v) is 3.35. The van der Waals surface area contributed by atoms with Crippen molar-refractivity contribution < 1.29 is 14.7 Å². The summed E-state index contributed by atoms with van der Waals surface area (Å²) in [6, 6.07) is 22.8. The highest BCUT2D eigenvalue weighted by Crippen LogP contribution is 2.25. The third-order valence-corrected chi connectivity index (χ3v) is 5.26. The standard InChI is InChI=1S/C26H30N4O3/c1-28(2)21-12-10-20(11-13-21)27-26(33)30(23-16-14-22(15-17-23)29(3)4)25(32)18-24(31)19-8-6-5-7-9-19/h5-17,24,31H,18H2,1-4H3,(H,27,33)/t24-/m0/s1. The number of aliphatic hydroxyl groups excluding tert-OH is 1. The number of rotatable bonds is 7. The number of hydrogen-bond acceptors (Lipinski definition) is 5. The molecule has 3 aromatic rings. The van der Waals surface area contributed by atoms with Gasteiger partial charge in [0.2, 0.25) is 5.91 Å². The van der Waals surface area contributed by atoms with E-state index in [4.69, 9.17) is 0 Å². The normalized spacial score (nSPS) is 11.4. The van der Waals surface area contributed by atoms with E-state index in [0.717, 1.165) is 16.3 Å². The number of benzene rings is 3. The molecule has 0 radical (unpaired) electrons. The zero-order valence-electron chi connectivity index (χ0n) is 19.4. The lowest BCUT2D eigenvalue weighted by Gasteiger charge is -2.24. The van der Waals surface area contributed by atoms with Gasteiger partial charge in [0.1, 0.15) is 0 Å². The van der Waals surface area contributed by atoms with E-state index in [-0.39, 0.29) is 6.42 Å². The number of carbonyl (C=O) groups is 2. The Labute approximate surface area is 194 Å². The third-order valence-electron chi connectivity index (χ3n) is 5.26. The van der Waals surface area contributed by atoms with Crippen LogP contribution >= 0.6 is 0 Å². The molecular weight excluding hydrogens is 416 g/mol. The summed E-state index contributed by atoms with van der Waals surface area (Å²) in [5.74, 6) is -0.508. The number of hydrogen-bond donors (Lipinski definition) is 2. The monoisotopic (exact) mass is 446 g/mol. The number of nitrogens with one attached hydrogen (secondary N) is 1. The SMILES string of the molecule is CN(C)c1ccc(NC(=O)N(C(=O)C[C@H](O)c2ccccc2)c2ccc(N(C)C)cc2)cc1. The molecule has 0 spiro atoms. The maximum Gasteiger partial charge on any atom is 0.333 e. The molecule has 0 aromatic heterocycles. The van der Waals surface area contributed by atoms with Gasteiger partial charge in [0.25, 0.3) is 0 Å². The molecular formula is C26H30N4O3. The minimum Gasteiger partial charge on any atom is -0.388 e. The molecule has 2 N–H and O–H groups in total. The van der Waals surface area contributed by atoms with Crippen molar-refractivity contribution >= 4 is 34.7 Å². The van der Waals surface area contributed by atoms with Crippen molar-refractivity contribution in [2.75, 3.05) is 48.2 Å². The number of amides is 3. The zero-order valence-corrected chi connectivity index (χ0v) is 19.4. The number of carbonyl (C=O) groups excluding carboxylic acids is 2. The van der Waals surface area contributed by atoms with Gasteiger partial charge in [-0.15, -0.1) is 0 Å². The van der Waals surface area contributed by atoms with Crippen molar-refractivity contribution in [3.05, 3.63) is 84.4 Å². The Bertz CT molecular complexity index is 1060. The zero-order chi connectivity index (χ0) is 24.0. The first-order valence-electron chi connectivity index (χ1n) is 10.7. The molecule has 0 saturated heterocycles. The largest absolute Gasteiger partial charge is 0.388 e. The minimum absolute atomic E-state index is 0.230. The average Bonchev–Trinajstić information content (AvgIpc) is 2.80. The second-order valence-electron chi connectivity index (χ2n) is 8.14. The fourth-order valence-electron chi connectivity index (χ4n) is 3.35. The van der Waals surface area contributed by atoms with Crippen LogP contribution in [0.4, 0.5) is 27.5 Å². The van der Waals surface area contributed by atoms with Gasteiger partial charge >= 0.3 is 6.03 Å². The highest BCUT2D eigenvalue weighted by molar-refractivity contribution is 6.18.